The number of hydrogen-bond acceptors (Lipinski definition) is 2. The minimum absolute atomic E-state index is 0.645. The Bertz CT molecular complexity index is 397. The fourth-order valence-electron chi connectivity index (χ4n) is 3.29. The van der Waals surface area contributed by atoms with E-state index in [0.29, 0.717) is 12.0 Å². The van der Waals surface area contributed by atoms with Crippen LogP contribution in [0.25, 0.3) is 0 Å². The molecular weight excluding hydrogens is 220 g/mol. The van der Waals surface area contributed by atoms with E-state index in [1.807, 2.05) is 12.3 Å². The molecule has 18 heavy (non-hydrogen) atoms. The minimum Gasteiger partial charge on any atom is -0.372 e. The molecule has 2 aliphatic carbocycles. The number of pyridine rings is 1. The van der Waals surface area contributed by atoms with Crippen LogP contribution in [0.1, 0.15) is 50.1 Å². The summed E-state index contributed by atoms with van der Waals surface area (Å²) in [5, 5.41) is 0. The average Bonchev–Trinajstić information content (AvgIpc) is 3.26. The van der Waals surface area contributed by atoms with Gasteiger partial charge in [-0.1, -0.05) is 19.1 Å². The van der Waals surface area contributed by atoms with Crippen LogP contribution >= 0.6 is 0 Å². The summed E-state index contributed by atoms with van der Waals surface area (Å²) in [5.41, 5.74) is 1.28. The lowest BCUT2D eigenvalue weighted by atomic mass is 9.83. The minimum atomic E-state index is 0.645. The fourth-order valence-corrected chi connectivity index (χ4v) is 3.29. The molecule has 2 fully saturated rings. The third kappa shape index (κ3) is 2.43. The highest BCUT2D eigenvalue weighted by Gasteiger charge is 2.34. The molecule has 1 aromatic rings. The van der Waals surface area contributed by atoms with Gasteiger partial charge < -0.3 is 4.90 Å². The number of rotatable bonds is 4. The second-order valence-electron chi connectivity index (χ2n) is 5.63. The van der Waals surface area contributed by atoms with Crippen molar-refractivity contribution in [1.29, 1.82) is 0 Å². The largest absolute Gasteiger partial charge is 0.372 e. The Balaban J connectivity index is 1.70. The number of nitrogens with zero attached hydrogens (tertiary/aromatic N) is 2. The Morgan fingerprint density at radius 1 is 1.17 bits per heavy atom. The standard InChI is InChI=1S/C16H22N2/c1-2-18(14-9-10-14)15-7-5-6-13(12-15)16-8-3-4-11-17-16/h2-4,8,11,13-15H,1,5-7,9-10,12H2/t13?,15-/m1/s1. The zero-order valence-corrected chi connectivity index (χ0v) is 11.0. The first-order chi connectivity index (χ1) is 8.88. The van der Waals surface area contributed by atoms with Crippen molar-refractivity contribution in [3.63, 3.8) is 0 Å². The zero-order valence-electron chi connectivity index (χ0n) is 11.0. The summed E-state index contributed by atoms with van der Waals surface area (Å²) in [5.74, 6) is 0.645. The van der Waals surface area contributed by atoms with Crippen LogP contribution < -0.4 is 0 Å². The maximum Gasteiger partial charge on any atom is 0.0435 e. The lowest BCUT2D eigenvalue weighted by Crippen LogP contribution is -2.36. The summed E-state index contributed by atoms with van der Waals surface area (Å²) in [6.07, 6.45) is 11.9. The molecule has 2 heteroatoms. The van der Waals surface area contributed by atoms with Crippen molar-refractivity contribution in [2.75, 3.05) is 0 Å². The maximum absolute atomic E-state index is 4.54. The lowest BCUT2D eigenvalue weighted by molar-refractivity contribution is 0.195. The van der Waals surface area contributed by atoms with Crippen molar-refractivity contribution in [1.82, 2.24) is 9.88 Å². The van der Waals surface area contributed by atoms with Gasteiger partial charge in [-0.2, -0.15) is 0 Å². The summed E-state index contributed by atoms with van der Waals surface area (Å²) in [6.45, 7) is 4.01. The van der Waals surface area contributed by atoms with E-state index in [-0.39, 0.29) is 0 Å². The molecular formula is C16H22N2. The normalized spacial score (nSPS) is 27.8. The molecule has 0 bridgehead atoms. The molecule has 2 nitrogen and oxygen atoms in total. The van der Waals surface area contributed by atoms with E-state index in [0.717, 1.165) is 6.04 Å². The molecule has 0 spiro atoms. The van der Waals surface area contributed by atoms with Gasteiger partial charge in [0, 0.05) is 29.9 Å². The van der Waals surface area contributed by atoms with Crippen molar-refractivity contribution in [2.24, 2.45) is 0 Å². The maximum atomic E-state index is 4.54. The van der Waals surface area contributed by atoms with Gasteiger partial charge in [0.05, 0.1) is 0 Å². The molecule has 0 amide bonds. The van der Waals surface area contributed by atoms with Gasteiger partial charge in [-0.15, -0.1) is 0 Å². The van der Waals surface area contributed by atoms with E-state index < -0.39 is 0 Å². The van der Waals surface area contributed by atoms with E-state index in [1.165, 1.54) is 44.2 Å². The van der Waals surface area contributed by atoms with Crippen molar-refractivity contribution in [3.05, 3.63) is 42.9 Å². The number of hydrogen-bond donors (Lipinski definition) is 0. The first-order valence-corrected chi connectivity index (χ1v) is 7.19. The predicted octanol–water partition coefficient (Wildman–Crippen LogP) is 3.72. The summed E-state index contributed by atoms with van der Waals surface area (Å²) >= 11 is 0. The third-order valence-corrected chi connectivity index (χ3v) is 4.35. The Hall–Kier alpha value is -1.31. The van der Waals surface area contributed by atoms with Crippen LogP contribution in [0.4, 0.5) is 0 Å². The SMILES string of the molecule is C=CN(C1CC1)[C@@H]1CCCC(c2ccccn2)C1. The highest BCUT2D eigenvalue weighted by Crippen LogP contribution is 2.38. The summed E-state index contributed by atoms with van der Waals surface area (Å²) < 4.78 is 0. The van der Waals surface area contributed by atoms with Gasteiger partial charge in [-0.05, 0) is 50.4 Å². The number of aromatic nitrogens is 1. The molecule has 0 N–H and O–H groups in total. The van der Waals surface area contributed by atoms with Crippen LogP contribution in [0.5, 0.6) is 0 Å². The van der Waals surface area contributed by atoms with Gasteiger partial charge in [-0.3, -0.25) is 4.98 Å². The smallest absolute Gasteiger partial charge is 0.0435 e. The molecule has 0 radical (unpaired) electrons. The highest BCUT2D eigenvalue weighted by molar-refractivity contribution is 5.11. The van der Waals surface area contributed by atoms with Gasteiger partial charge in [0.2, 0.25) is 0 Å². The molecule has 96 valence electrons. The highest BCUT2D eigenvalue weighted by atomic mass is 15.2. The van der Waals surface area contributed by atoms with Crippen molar-refractivity contribution < 1.29 is 0 Å². The van der Waals surface area contributed by atoms with Crippen molar-refractivity contribution in [2.45, 2.75) is 56.5 Å². The molecule has 0 aromatic carbocycles. The Morgan fingerprint density at radius 2 is 2.06 bits per heavy atom. The molecule has 1 aromatic heterocycles. The molecule has 2 saturated carbocycles. The van der Waals surface area contributed by atoms with Crippen LogP contribution in [0.2, 0.25) is 0 Å². The monoisotopic (exact) mass is 242 g/mol. The quantitative estimate of drug-likeness (QED) is 0.800. The molecule has 1 unspecified atom stereocenters. The average molecular weight is 242 g/mol. The van der Waals surface area contributed by atoms with Gasteiger partial charge in [0.1, 0.15) is 0 Å². The third-order valence-electron chi connectivity index (χ3n) is 4.35. The Kier molecular flexibility index (Phi) is 3.35. The second-order valence-corrected chi connectivity index (χ2v) is 5.63. The van der Waals surface area contributed by atoms with E-state index >= 15 is 0 Å². The summed E-state index contributed by atoms with van der Waals surface area (Å²) in [7, 11) is 0. The molecule has 0 aliphatic heterocycles. The summed E-state index contributed by atoms with van der Waals surface area (Å²) in [6, 6.07) is 7.77. The first-order valence-electron chi connectivity index (χ1n) is 7.19. The Morgan fingerprint density at radius 3 is 2.72 bits per heavy atom. The van der Waals surface area contributed by atoms with Crippen LogP contribution in [0.15, 0.2) is 37.2 Å². The second kappa shape index (κ2) is 5.13. The molecule has 2 atom stereocenters. The van der Waals surface area contributed by atoms with Crippen LogP contribution in [-0.2, 0) is 0 Å². The van der Waals surface area contributed by atoms with Gasteiger partial charge in [0.25, 0.3) is 0 Å². The van der Waals surface area contributed by atoms with Crippen molar-refractivity contribution >= 4 is 0 Å². The summed E-state index contributed by atoms with van der Waals surface area (Å²) in [4.78, 5) is 7.06. The van der Waals surface area contributed by atoms with Crippen LogP contribution in [-0.4, -0.2) is 22.0 Å². The fraction of sp³-hybridized carbons (Fsp3) is 0.562. The molecule has 0 saturated heterocycles. The lowest BCUT2D eigenvalue weighted by Gasteiger charge is -2.37. The molecule has 2 aliphatic rings. The van der Waals surface area contributed by atoms with Crippen LogP contribution in [0.3, 0.4) is 0 Å². The van der Waals surface area contributed by atoms with E-state index in [9.17, 15) is 0 Å². The van der Waals surface area contributed by atoms with E-state index in [4.69, 9.17) is 0 Å². The van der Waals surface area contributed by atoms with Crippen LogP contribution in [0, 0.1) is 0 Å². The first kappa shape index (κ1) is 11.8. The zero-order chi connectivity index (χ0) is 12.4. The van der Waals surface area contributed by atoms with E-state index in [2.05, 4.69) is 34.8 Å². The molecule has 1 heterocycles. The predicted molar refractivity (Wildman–Crippen MR) is 74.3 cm³/mol. The van der Waals surface area contributed by atoms with Gasteiger partial charge >= 0.3 is 0 Å². The van der Waals surface area contributed by atoms with E-state index in [1.54, 1.807) is 0 Å². The Labute approximate surface area is 110 Å². The topological polar surface area (TPSA) is 16.1 Å². The molecule has 3 rings (SSSR count). The van der Waals surface area contributed by atoms with Gasteiger partial charge in [-0.25, -0.2) is 0 Å². The van der Waals surface area contributed by atoms with Gasteiger partial charge in [0.15, 0.2) is 0 Å². The van der Waals surface area contributed by atoms with Crippen molar-refractivity contribution in [3.8, 4) is 0 Å².